The van der Waals surface area contributed by atoms with Crippen LogP contribution in [0.25, 0.3) is 0 Å². The third-order valence-corrected chi connectivity index (χ3v) is 2.10. The smallest absolute Gasteiger partial charge is 0.0794 e. The standard InChI is InChI=1S/C7H10INS/c1-7(2,8)3-6-4-10-5-9-6/h4-5H,3H2,1-2H3. The number of aromatic nitrogens is 1. The van der Waals surface area contributed by atoms with Gasteiger partial charge in [-0.2, -0.15) is 0 Å². The summed E-state index contributed by atoms with van der Waals surface area (Å²) >= 11 is 4.11. The summed E-state index contributed by atoms with van der Waals surface area (Å²) in [4.78, 5) is 4.22. The number of hydrogen-bond acceptors (Lipinski definition) is 2. The van der Waals surface area contributed by atoms with E-state index in [1.165, 1.54) is 5.69 Å². The van der Waals surface area contributed by atoms with Crippen LogP contribution in [0.2, 0.25) is 0 Å². The van der Waals surface area contributed by atoms with Crippen molar-refractivity contribution in [1.82, 2.24) is 4.98 Å². The Bertz CT molecular complexity index is 188. The fourth-order valence-corrected chi connectivity index (χ4v) is 1.70. The highest BCUT2D eigenvalue weighted by Gasteiger charge is 2.13. The van der Waals surface area contributed by atoms with Gasteiger partial charge in [0.1, 0.15) is 0 Å². The summed E-state index contributed by atoms with van der Waals surface area (Å²) in [6.45, 7) is 4.43. The van der Waals surface area contributed by atoms with Gasteiger partial charge in [0, 0.05) is 15.2 Å². The van der Waals surface area contributed by atoms with Gasteiger partial charge >= 0.3 is 0 Å². The second-order valence-corrected chi connectivity index (χ2v) is 6.51. The van der Waals surface area contributed by atoms with E-state index in [1.807, 2.05) is 5.51 Å². The van der Waals surface area contributed by atoms with Crippen molar-refractivity contribution in [1.29, 1.82) is 0 Å². The second-order valence-electron chi connectivity index (χ2n) is 2.88. The highest BCUT2D eigenvalue weighted by Crippen LogP contribution is 2.22. The number of hydrogen-bond donors (Lipinski definition) is 0. The molecule has 0 atom stereocenters. The molecule has 0 radical (unpaired) electrons. The van der Waals surface area contributed by atoms with E-state index in [0.29, 0.717) is 3.42 Å². The summed E-state index contributed by atoms with van der Waals surface area (Å²) in [6.07, 6.45) is 1.07. The first-order chi connectivity index (χ1) is 4.58. The molecule has 0 N–H and O–H groups in total. The summed E-state index contributed by atoms with van der Waals surface area (Å²) in [5.41, 5.74) is 3.10. The highest BCUT2D eigenvalue weighted by atomic mass is 127. The summed E-state index contributed by atoms with van der Waals surface area (Å²) in [7, 11) is 0. The lowest BCUT2D eigenvalue weighted by Crippen LogP contribution is -2.12. The second kappa shape index (κ2) is 3.17. The molecule has 1 aromatic heterocycles. The molecule has 1 aromatic rings. The first kappa shape index (κ1) is 8.46. The lowest BCUT2D eigenvalue weighted by molar-refractivity contribution is 0.731. The molecule has 0 aliphatic carbocycles. The van der Waals surface area contributed by atoms with E-state index < -0.39 is 0 Å². The summed E-state index contributed by atoms with van der Waals surface area (Å²) < 4.78 is 0.339. The van der Waals surface area contributed by atoms with Crippen molar-refractivity contribution in [2.24, 2.45) is 0 Å². The van der Waals surface area contributed by atoms with Crippen LogP contribution in [0.3, 0.4) is 0 Å². The van der Waals surface area contributed by atoms with Crippen LogP contribution in [0.5, 0.6) is 0 Å². The van der Waals surface area contributed by atoms with Gasteiger partial charge in [-0.1, -0.05) is 36.4 Å². The average Bonchev–Trinajstić information content (AvgIpc) is 2.12. The van der Waals surface area contributed by atoms with Crippen molar-refractivity contribution >= 4 is 33.9 Å². The maximum atomic E-state index is 4.22. The van der Waals surface area contributed by atoms with Gasteiger partial charge in [0.05, 0.1) is 11.2 Å². The Hall–Kier alpha value is 0.360. The monoisotopic (exact) mass is 267 g/mol. The molecule has 0 bridgehead atoms. The SMILES string of the molecule is CC(C)(I)Cc1cscn1. The van der Waals surface area contributed by atoms with Gasteiger partial charge in [-0.3, -0.25) is 0 Å². The van der Waals surface area contributed by atoms with Crippen molar-refractivity contribution in [3.05, 3.63) is 16.6 Å². The minimum absolute atomic E-state index is 0.339. The molecule has 0 aliphatic rings. The predicted molar refractivity (Wildman–Crippen MR) is 53.9 cm³/mol. The van der Waals surface area contributed by atoms with Crippen LogP contribution in [-0.4, -0.2) is 8.41 Å². The van der Waals surface area contributed by atoms with E-state index >= 15 is 0 Å². The van der Waals surface area contributed by atoms with Gasteiger partial charge in [0.25, 0.3) is 0 Å². The molecule has 0 aliphatic heterocycles. The van der Waals surface area contributed by atoms with Gasteiger partial charge in [-0.15, -0.1) is 11.3 Å². The van der Waals surface area contributed by atoms with Crippen LogP contribution < -0.4 is 0 Å². The number of alkyl halides is 1. The van der Waals surface area contributed by atoms with Crippen LogP contribution in [0.1, 0.15) is 19.5 Å². The van der Waals surface area contributed by atoms with E-state index in [1.54, 1.807) is 11.3 Å². The lowest BCUT2D eigenvalue weighted by atomic mass is 10.1. The Morgan fingerprint density at radius 2 is 2.40 bits per heavy atom. The molecule has 0 spiro atoms. The molecule has 1 heterocycles. The molecule has 10 heavy (non-hydrogen) atoms. The molecule has 0 fully saturated rings. The van der Waals surface area contributed by atoms with Crippen LogP contribution in [0.4, 0.5) is 0 Å². The van der Waals surface area contributed by atoms with Crippen molar-refractivity contribution in [2.45, 2.75) is 23.7 Å². The largest absolute Gasteiger partial charge is 0.250 e. The Morgan fingerprint density at radius 1 is 1.70 bits per heavy atom. The number of rotatable bonds is 2. The van der Waals surface area contributed by atoms with E-state index in [-0.39, 0.29) is 0 Å². The highest BCUT2D eigenvalue weighted by molar-refractivity contribution is 14.1. The maximum absolute atomic E-state index is 4.22. The topological polar surface area (TPSA) is 12.9 Å². The van der Waals surface area contributed by atoms with Crippen LogP contribution in [-0.2, 0) is 6.42 Å². The molecule has 0 aromatic carbocycles. The molecule has 1 nitrogen and oxygen atoms in total. The fraction of sp³-hybridized carbons (Fsp3) is 0.571. The molecule has 0 unspecified atom stereocenters. The van der Waals surface area contributed by atoms with Crippen molar-refractivity contribution in [3.63, 3.8) is 0 Å². The number of thiazole rings is 1. The van der Waals surface area contributed by atoms with E-state index in [4.69, 9.17) is 0 Å². The van der Waals surface area contributed by atoms with E-state index in [0.717, 1.165) is 6.42 Å². The van der Waals surface area contributed by atoms with Crippen molar-refractivity contribution < 1.29 is 0 Å². The van der Waals surface area contributed by atoms with E-state index in [2.05, 4.69) is 46.8 Å². The molecule has 0 amide bonds. The zero-order chi connectivity index (χ0) is 7.61. The summed E-state index contributed by atoms with van der Waals surface area (Å²) in [5, 5.41) is 2.11. The van der Waals surface area contributed by atoms with Crippen LogP contribution in [0, 0.1) is 0 Å². The zero-order valence-corrected chi connectivity index (χ0v) is 9.07. The van der Waals surface area contributed by atoms with Crippen molar-refractivity contribution in [2.75, 3.05) is 0 Å². The van der Waals surface area contributed by atoms with Crippen molar-refractivity contribution in [3.8, 4) is 0 Å². The van der Waals surface area contributed by atoms with Gasteiger partial charge in [-0.25, -0.2) is 4.98 Å². The number of nitrogens with zero attached hydrogens (tertiary/aromatic N) is 1. The Kier molecular flexibility index (Phi) is 2.68. The van der Waals surface area contributed by atoms with Gasteiger partial charge < -0.3 is 0 Å². The first-order valence-electron chi connectivity index (χ1n) is 3.14. The van der Waals surface area contributed by atoms with Crippen LogP contribution in [0.15, 0.2) is 10.9 Å². The zero-order valence-electron chi connectivity index (χ0n) is 6.10. The minimum Gasteiger partial charge on any atom is -0.250 e. The Morgan fingerprint density at radius 3 is 2.80 bits per heavy atom. The molecular formula is C7H10INS. The number of halogens is 1. The van der Waals surface area contributed by atoms with Crippen LogP contribution >= 0.6 is 33.9 Å². The third kappa shape index (κ3) is 2.96. The molecule has 1 rings (SSSR count). The summed E-state index contributed by atoms with van der Waals surface area (Å²) in [6, 6.07) is 0. The Labute approximate surface area is 79.0 Å². The minimum atomic E-state index is 0.339. The van der Waals surface area contributed by atoms with Gasteiger partial charge in [-0.05, 0) is 0 Å². The molecular weight excluding hydrogens is 257 g/mol. The van der Waals surface area contributed by atoms with Gasteiger partial charge in [0.15, 0.2) is 0 Å². The van der Waals surface area contributed by atoms with Gasteiger partial charge in [0.2, 0.25) is 0 Å². The fourth-order valence-electron chi connectivity index (χ4n) is 0.756. The molecule has 3 heteroatoms. The molecule has 56 valence electrons. The predicted octanol–water partition coefficient (Wildman–Crippen LogP) is 2.90. The third-order valence-electron chi connectivity index (χ3n) is 1.08. The quantitative estimate of drug-likeness (QED) is 0.593. The maximum Gasteiger partial charge on any atom is 0.0794 e. The Balaban J connectivity index is 2.57. The average molecular weight is 267 g/mol. The summed E-state index contributed by atoms with van der Waals surface area (Å²) in [5.74, 6) is 0. The lowest BCUT2D eigenvalue weighted by Gasteiger charge is -2.13. The van der Waals surface area contributed by atoms with E-state index in [9.17, 15) is 0 Å². The first-order valence-corrected chi connectivity index (χ1v) is 5.16. The molecule has 0 saturated heterocycles. The normalized spacial score (nSPS) is 11.9. The molecule has 0 saturated carbocycles.